The normalized spacial score (nSPS) is 12.2. The topological polar surface area (TPSA) is 113 Å². The van der Waals surface area contributed by atoms with E-state index in [1.807, 2.05) is 0 Å². The molecule has 70 valence electrons. The van der Waals surface area contributed by atoms with Gasteiger partial charge >= 0.3 is 5.97 Å². The van der Waals surface area contributed by atoms with Gasteiger partial charge in [0.1, 0.15) is 6.04 Å². The van der Waals surface area contributed by atoms with E-state index in [1.54, 1.807) is 0 Å². The summed E-state index contributed by atoms with van der Waals surface area (Å²) in [5, 5.41) is 19.1. The molecule has 5 N–H and O–H groups in total. The summed E-state index contributed by atoms with van der Waals surface area (Å²) in [4.78, 5) is 21.0. The number of aliphatic hydroxyl groups excluding tert-OH is 1. The molecular weight excluding hydrogens is 164 g/mol. The summed E-state index contributed by atoms with van der Waals surface area (Å²) < 4.78 is 0. The van der Waals surface area contributed by atoms with E-state index in [2.05, 4.69) is 5.32 Å². The lowest BCUT2D eigenvalue weighted by atomic mass is 10.2. The van der Waals surface area contributed by atoms with Crippen LogP contribution in [-0.4, -0.2) is 41.3 Å². The second-order valence-electron chi connectivity index (χ2n) is 2.17. The molecule has 0 rings (SSSR count). The van der Waals surface area contributed by atoms with Crippen LogP contribution >= 0.6 is 0 Å². The van der Waals surface area contributed by atoms with E-state index in [9.17, 15) is 9.59 Å². The highest BCUT2D eigenvalue weighted by Gasteiger charge is 2.17. The lowest BCUT2D eigenvalue weighted by Crippen LogP contribution is -2.43. The minimum absolute atomic E-state index is 0.0128. The van der Waals surface area contributed by atoms with Crippen LogP contribution in [0.2, 0.25) is 0 Å². The number of carboxylic acids is 1. The lowest BCUT2D eigenvalue weighted by Gasteiger charge is -2.11. The maximum absolute atomic E-state index is 10.6. The number of carboxylic acid groups (broad SMARTS) is 1. The zero-order valence-corrected chi connectivity index (χ0v) is 6.49. The number of nitrogens with one attached hydrogen (secondary N) is 1. The molecule has 0 saturated heterocycles. The predicted octanol–water partition coefficient (Wildman–Crippen LogP) is -2.10. The Bertz CT molecular complexity index is 169. The summed E-state index contributed by atoms with van der Waals surface area (Å²) in [5.74, 6) is -1.72. The van der Waals surface area contributed by atoms with Crippen molar-refractivity contribution in [2.75, 3.05) is 13.2 Å². The molecule has 0 aliphatic heterocycles. The third kappa shape index (κ3) is 3.89. The van der Waals surface area contributed by atoms with Gasteiger partial charge < -0.3 is 21.3 Å². The molecule has 1 atom stereocenters. The van der Waals surface area contributed by atoms with Crippen LogP contribution in [0.25, 0.3) is 0 Å². The highest BCUT2D eigenvalue weighted by molar-refractivity contribution is 5.84. The Morgan fingerprint density at radius 2 is 2.08 bits per heavy atom. The van der Waals surface area contributed by atoms with E-state index in [0.717, 1.165) is 0 Å². The van der Waals surface area contributed by atoms with Crippen molar-refractivity contribution in [1.82, 2.24) is 5.32 Å². The van der Waals surface area contributed by atoms with Gasteiger partial charge in [0, 0.05) is 13.0 Å². The molecule has 0 saturated carbocycles. The van der Waals surface area contributed by atoms with Crippen molar-refractivity contribution in [3.05, 3.63) is 0 Å². The minimum atomic E-state index is -1.18. The molecule has 6 heteroatoms. The maximum atomic E-state index is 10.6. The van der Waals surface area contributed by atoms with E-state index in [-0.39, 0.29) is 19.6 Å². The molecule has 0 radical (unpaired) electrons. The Morgan fingerprint density at radius 1 is 1.50 bits per heavy atom. The first-order valence-corrected chi connectivity index (χ1v) is 3.45. The molecule has 0 aromatic carbocycles. The van der Waals surface area contributed by atoms with E-state index in [0.29, 0.717) is 0 Å². The Balaban J connectivity index is 3.95. The average Bonchev–Trinajstić information content (AvgIpc) is 2.03. The molecule has 0 unspecified atom stereocenters. The third-order valence-corrected chi connectivity index (χ3v) is 1.24. The number of hydrogen-bond acceptors (Lipinski definition) is 4. The fourth-order valence-corrected chi connectivity index (χ4v) is 0.640. The Morgan fingerprint density at radius 3 is 2.42 bits per heavy atom. The largest absolute Gasteiger partial charge is 0.480 e. The number of nitrogens with two attached hydrogens (primary N) is 1. The van der Waals surface area contributed by atoms with Crippen LogP contribution in [0.3, 0.4) is 0 Å². The van der Waals surface area contributed by atoms with Gasteiger partial charge in [0.15, 0.2) is 0 Å². The first kappa shape index (κ1) is 10.9. The fourth-order valence-electron chi connectivity index (χ4n) is 0.640. The number of amides is 1. The van der Waals surface area contributed by atoms with Crippen LogP contribution < -0.4 is 11.1 Å². The number of hydrogen-bond donors (Lipinski definition) is 4. The van der Waals surface area contributed by atoms with Crippen LogP contribution in [0.5, 0.6) is 0 Å². The lowest BCUT2D eigenvalue weighted by molar-refractivity contribution is -0.142. The maximum Gasteiger partial charge on any atom is 0.326 e. The fraction of sp³-hybridized carbons (Fsp3) is 0.667. The minimum Gasteiger partial charge on any atom is -0.480 e. The molecule has 0 bridgehead atoms. The van der Waals surface area contributed by atoms with E-state index >= 15 is 0 Å². The Kier molecular flexibility index (Phi) is 4.98. The number of carbonyl (C=O) groups is 2. The second-order valence-corrected chi connectivity index (χ2v) is 2.17. The third-order valence-electron chi connectivity index (χ3n) is 1.24. The van der Waals surface area contributed by atoms with Gasteiger partial charge in [-0.3, -0.25) is 4.79 Å². The summed E-state index contributed by atoms with van der Waals surface area (Å²) in [6.45, 7) is -0.545. The Hall–Kier alpha value is -1.14. The average molecular weight is 176 g/mol. The first-order chi connectivity index (χ1) is 5.61. The van der Waals surface area contributed by atoms with Gasteiger partial charge in [-0.2, -0.15) is 0 Å². The van der Waals surface area contributed by atoms with Crippen molar-refractivity contribution in [3.8, 4) is 0 Å². The first-order valence-electron chi connectivity index (χ1n) is 3.45. The van der Waals surface area contributed by atoms with Crippen LogP contribution in [0.1, 0.15) is 6.42 Å². The Labute approximate surface area is 69.4 Å². The summed E-state index contributed by atoms with van der Waals surface area (Å²) in [6, 6.07) is -1.05. The van der Waals surface area contributed by atoms with Crippen molar-refractivity contribution < 1.29 is 19.8 Å². The van der Waals surface area contributed by atoms with Gasteiger partial charge in [-0.1, -0.05) is 0 Å². The molecule has 0 aliphatic carbocycles. The van der Waals surface area contributed by atoms with Gasteiger partial charge in [-0.05, 0) is 0 Å². The number of carbonyl (C=O) groups excluding carboxylic acids is 1. The number of aliphatic carboxylic acids is 1. The van der Waals surface area contributed by atoms with Crippen LogP contribution in [-0.2, 0) is 9.59 Å². The number of rotatable bonds is 5. The van der Waals surface area contributed by atoms with Gasteiger partial charge in [0.2, 0.25) is 5.91 Å². The summed E-state index contributed by atoms with van der Waals surface area (Å²) in [6.07, 6.45) is -0.0128. The zero-order chi connectivity index (χ0) is 9.56. The van der Waals surface area contributed by atoms with E-state index in [4.69, 9.17) is 15.9 Å². The molecule has 0 aromatic rings. The van der Waals surface area contributed by atoms with Crippen molar-refractivity contribution in [3.63, 3.8) is 0 Å². The molecule has 6 nitrogen and oxygen atoms in total. The number of aliphatic hydroxyl groups is 1. The molecule has 0 heterocycles. The molecule has 0 aromatic heterocycles. The van der Waals surface area contributed by atoms with Gasteiger partial charge in [-0.25, -0.2) is 4.79 Å². The highest BCUT2D eigenvalue weighted by atomic mass is 16.4. The standard InChI is InChI=1S/C6H12N2O4/c7-3-5(10)8-4(1-2-9)6(11)12/h4,9H,1-3,7H2,(H,8,10)(H,11,12)/t4-/m0/s1. The van der Waals surface area contributed by atoms with Gasteiger partial charge in [-0.15, -0.1) is 0 Å². The van der Waals surface area contributed by atoms with E-state index in [1.165, 1.54) is 0 Å². The van der Waals surface area contributed by atoms with Crippen LogP contribution in [0.4, 0.5) is 0 Å². The monoisotopic (exact) mass is 176 g/mol. The van der Waals surface area contributed by atoms with Crippen molar-refractivity contribution in [2.24, 2.45) is 5.73 Å². The summed E-state index contributed by atoms with van der Waals surface area (Å²) >= 11 is 0. The van der Waals surface area contributed by atoms with Crippen LogP contribution in [0, 0.1) is 0 Å². The van der Waals surface area contributed by atoms with E-state index < -0.39 is 17.9 Å². The van der Waals surface area contributed by atoms with Crippen LogP contribution in [0.15, 0.2) is 0 Å². The quantitative estimate of drug-likeness (QED) is 0.383. The smallest absolute Gasteiger partial charge is 0.326 e. The molecule has 0 fully saturated rings. The van der Waals surface area contributed by atoms with Gasteiger partial charge in [0.25, 0.3) is 0 Å². The molecule has 0 spiro atoms. The predicted molar refractivity (Wildman–Crippen MR) is 40.3 cm³/mol. The molecule has 12 heavy (non-hydrogen) atoms. The van der Waals surface area contributed by atoms with Crippen molar-refractivity contribution >= 4 is 11.9 Å². The zero-order valence-electron chi connectivity index (χ0n) is 6.49. The van der Waals surface area contributed by atoms with Crippen molar-refractivity contribution in [2.45, 2.75) is 12.5 Å². The van der Waals surface area contributed by atoms with Crippen molar-refractivity contribution in [1.29, 1.82) is 0 Å². The summed E-state index contributed by atoms with van der Waals surface area (Å²) in [7, 11) is 0. The highest BCUT2D eigenvalue weighted by Crippen LogP contribution is 1.90. The molecule has 1 amide bonds. The molecule has 0 aliphatic rings. The van der Waals surface area contributed by atoms with Gasteiger partial charge in [0.05, 0.1) is 6.54 Å². The summed E-state index contributed by atoms with van der Waals surface area (Å²) in [5.41, 5.74) is 4.95. The molecular formula is C6H12N2O4. The second kappa shape index (κ2) is 5.50. The SMILES string of the molecule is NCC(=O)N[C@@H](CCO)C(=O)O.